The average Bonchev–Trinajstić information content (AvgIpc) is 2.24. The van der Waals surface area contributed by atoms with Crippen molar-refractivity contribution in [3.05, 3.63) is 29.6 Å². The van der Waals surface area contributed by atoms with Crippen LogP contribution in [0.3, 0.4) is 0 Å². The fourth-order valence-corrected chi connectivity index (χ4v) is 1.24. The smallest absolute Gasteiger partial charge is 0.258 e. The van der Waals surface area contributed by atoms with Gasteiger partial charge in [0.2, 0.25) is 5.91 Å². The Morgan fingerprint density at radius 1 is 1.29 bits per heavy atom. The van der Waals surface area contributed by atoms with Crippen molar-refractivity contribution in [3.8, 4) is 5.75 Å². The van der Waals surface area contributed by atoms with E-state index >= 15 is 0 Å². The van der Waals surface area contributed by atoms with Gasteiger partial charge in [0, 0.05) is 20.0 Å². The van der Waals surface area contributed by atoms with Crippen LogP contribution in [0.4, 0.5) is 4.39 Å². The van der Waals surface area contributed by atoms with E-state index in [2.05, 4.69) is 10.6 Å². The Balaban J connectivity index is 2.55. The first-order chi connectivity index (χ1) is 8.02. The summed E-state index contributed by atoms with van der Waals surface area (Å²) in [7, 11) is 0. The van der Waals surface area contributed by atoms with Crippen LogP contribution in [0.5, 0.6) is 5.75 Å². The molecule has 6 heteroatoms. The van der Waals surface area contributed by atoms with Gasteiger partial charge in [-0.2, -0.15) is 0 Å². The molecule has 0 fully saturated rings. The predicted molar refractivity (Wildman–Crippen MR) is 59.1 cm³/mol. The van der Waals surface area contributed by atoms with Gasteiger partial charge in [-0.05, 0) is 12.1 Å². The number of phenols is 1. The maximum Gasteiger partial charge on any atom is 0.258 e. The molecule has 1 aromatic rings. The number of aromatic hydroxyl groups is 1. The lowest BCUT2D eigenvalue weighted by Gasteiger charge is -2.07. The molecule has 1 aromatic carbocycles. The second-order valence-corrected chi connectivity index (χ2v) is 3.37. The number of halogens is 1. The molecule has 17 heavy (non-hydrogen) atoms. The minimum atomic E-state index is -0.790. The van der Waals surface area contributed by atoms with E-state index in [1.807, 2.05) is 0 Å². The van der Waals surface area contributed by atoms with Crippen LogP contribution in [0.15, 0.2) is 18.2 Å². The topological polar surface area (TPSA) is 78.4 Å². The highest BCUT2D eigenvalue weighted by Crippen LogP contribution is 2.19. The number of phenolic OH excluding ortho intramolecular Hbond substituents is 1. The van der Waals surface area contributed by atoms with Gasteiger partial charge >= 0.3 is 0 Å². The van der Waals surface area contributed by atoms with Gasteiger partial charge < -0.3 is 15.7 Å². The zero-order valence-corrected chi connectivity index (χ0v) is 9.29. The molecule has 0 heterocycles. The summed E-state index contributed by atoms with van der Waals surface area (Å²) < 4.78 is 13.2. The van der Waals surface area contributed by atoms with Gasteiger partial charge in [-0.1, -0.05) is 6.07 Å². The van der Waals surface area contributed by atoms with Gasteiger partial charge in [-0.15, -0.1) is 0 Å². The van der Waals surface area contributed by atoms with Crippen molar-refractivity contribution in [2.75, 3.05) is 13.1 Å². The summed E-state index contributed by atoms with van der Waals surface area (Å²) in [4.78, 5) is 22.1. The van der Waals surface area contributed by atoms with Gasteiger partial charge in [0.25, 0.3) is 5.91 Å². The molecule has 1 rings (SSSR count). The van der Waals surface area contributed by atoms with Crippen molar-refractivity contribution in [2.45, 2.75) is 6.92 Å². The molecule has 0 atom stereocenters. The molecule has 0 aliphatic rings. The highest BCUT2D eigenvalue weighted by Gasteiger charge is 2.15. The van der Waals surface area contributed by atoms with E-state index < -0.39 is 23.0 Å². The third-order valence-electron chi connectivity index (χ3n) is 2.00. The van der Waals surface area contributed by atoms with Crippen LogP contribution >= 0.6 is 0 Å². The second-order valence-electron chi connectivity index (χ2n) is 3.37. The van der Waals surface area contributed by atoms with Crippen molar-refractivity contribution in [1.82, 2.24) is 10.6 Å². The minimum absolute atomic E-state index is 0.159. The molecule has 0 spiro atoms. The van der Waals surface area contributed by atoms with Crippen LogP contribution in [-0.4, -0.2) is 30.0 Å². The zero-order valence-electron chi connectivity index (χ0n) is 9.29. The van der Waals surface area contributed by atoms with Crippen molar-refractivity contribution >= 4 is 11.8 Å². The average molecular weight is 240 g/mol. The lowest BCUT2D eigenvalue weighted by molar-refractivity contribution is -0.118. The molecule has 92 valence electrons. The van der Waals surface area contributed by atoms with Crippen LogP contribution in [-0.2, 0) is 4.79 Å². The van der Waals surface area contributed by atoms with Crippen molar-refractivity contribution in [1.29, 1.82) is 0 Å². The summed E-state index contributed by atoms with van der Waals surface area (Å²) >= 11 is 0. The third-order valence-corrected chi connectivity index (χ3v) is 2.00. The van der Waals surface area contributed by atoms with Gasteiger partial charge in [0.05, 0.1) is 0 Å². The molecule has 0 aliphatic heterocycles. The fraction of sp³-hybridized carbons (Fsp3) is 0.273. The lowest BCUT2D eigenvalue weighted by Crippen LogP contribution is -2.34. The SMILES string of the molecule is CC(=O)NCCNC(=O)c1c(O)cccc1F. The van der Waals surface area contributed by atoms with E-state index in [0.29, 0.717) is 0 Å². The van der Waals surface area contributed by atoms with E-state index in [1.165, 1.54) is 19.1 Å². The summed E-state index contributed by atoms with van der Waals surface area (Å²) in [6, 6.07) is 3.62. The Morgan fingerprint density at radius 3 is 2.53 bits per heavy atom. The van der Waals surface area contributed by atoms with Crippen LogP contribution in [0.25, 0.3) is 0 Å². The standard InChI is InChI=1S/C11H13FN2O3/c1-7(15)13-5-6-14-11(17)10-8(12)3-2-4-9(10)16/h2-4,16H,5-6H2,1H3,(H,13,15)(H,14,17). The molecule has 2 amide bonds. The molecule has 0 radical (unpaired) electrons. The lowest BCUT2D eigenvalue weighted by atomic mass is 10.1. The summed E-state index contributed by atoms with van der Waals surface area (Å²) in [5.41, 5.74) is -0.393. The Morgan fingerprint density at radius 2 is 1.94 bits per heavy atom. The van der Waals surface area contributed by atoms with Crippen molar-refractivity contribution < 1.29 is 19.1 Å². The maximum atomic E-state index is 13.2. The first-order valence-corrected chi connectivity index (χ1v) is 5.02. The van der Waals surface area contributed by atoms with Gasteiger partial charge in [-0.3, -0.25) is 9.59 Å². The second kappa shape index (κ2) is 5.83. The molecule has 3 N–H and O–H groups in total. The number of rotatable bonds is 4. The Hall–Kier alpha value is -2.11. The highest BCUT2D eigenvalue weighted by atomic mass is 19.1. The molecule has 0 bridgehead atoms. The number of amides is 2. The number of carbonyl (C=O) groups excluding carboxylic acids is 2. The molecule has 0 aliphatic carbocycles. The van der Waals surface area contributed by atoms with E-state index in [0.717, 1.165) is 6.07 Å². The number of carbonyl (C=O) groups is 2. The van der Waals surface area contributed by atoms with Crippen molar-refractivity contribution in [2.24, 2.45) is 0 Å². The van der Waals surface area contributed by atoms with E-state index in [1.54, 1.807) is 0 Å². The molecular formula is C11H13FN2O3. The monoisotopic (exact) mass is 240 g/mol. The predicted octanol–water partition coefficient (Wildman–Crippen LogP) is 0.397. The number of hydrogen-bond donors (Lipinski definition) is 3. The summed E-state index contributed by atoms with van der Waals surface area (Å²) in [5, 5.41) is 14.2. The molecule has 0 unspecified atom stereocenters. The normalized spacial score (nSPS) is 9.76. The molecule has 0 saturated heterocycles. The van der Waals surface area contributed by atoms with Crippen LogP contribution in [0.2, 0.25) is 0 Å². The summed E-state index contributed by atoms with van der Waals surface area (Å²) in [6.45, 7) is 1.76. The molecular weight excluding hydrogens is 227 g/mol. The molecule has 0 saturated carbocycles. The number of benzene rings is 1. The van der Waals surface area contributed by atoms with Crippen LogP contribution < -0.4 is 10.6 Å². The minimum Gasteiger partial charge on any atom is -0.507 e. The fourth-order valence-electron chi connectivity index (χ4n) is 1.24. The van der Waals surface area contributed by atoms with Gasteiger partial charge in [0.1, 0.15) is 17.1 Å². The zero-order chi connectivity index (χ0) is 12.8. The van der Waals surface area contributed by atoms with Crippen LogP contribution in [0, 0.1) is 5.82 Å². The Kier molecular flexibility index (Phi) is 4.45. The largest absolute Gasteiger partial charge is 0.507 e. The van der Waals surface area contributed by atoms with E-state index in [4.69, 9.17) is 0 Å². The number of nitrogens with one attached hydrogen (secondary N) is 2. The van der Waals surface area contributed by atoms with Crippen molar-refractivity contribution in [3.63, 3.8) is 0 Å². The van der Waals surface area contributed by atoms with E-state index in [9.17, 15) is 19.1 Å². The first kappa shape index (κ1) is 13.0. The molecule has 0 aromatic heterocycles. The van der Waals surface area contributed by atoms with E-state index in [-0.39, 0.29) is 19.0 Å². The van der Waals surface area contributed by atoms with Gasteiger partial charge in [-0.25, -0.2) is 4.39 Å². The summed E-state index contributed by atoms with van der Waals surface area (Å²) in [6.07, 6.45) is 0. The maximum absolute atomic E-state index is 13.2. The Bertz CT molecular complexity index is 414. The number of hydrogen-bond acceptors (Lipinski definition) is 3. The third kappa shape index (κ3) is 3.75. The van der Waals surface area contributed by atoms with Crippen LogP contribution in [0.1, 0.15) is 17.3 Å². The van der Waals surface area contributed by atoms with Gasteiger partial charge in [0.15, 0.2) is 0 Å². The highest BCUT2D eigenvalue weighted by molar-refractivity contribution is 5.97. The first-order valence-electron chi connectivity index (χ1n) is 5.02. The molecule has 5 nitrogen and oxygen atoms in total. The Labute approximate surface area is 97.6 Å². The quantitative estimate of drug-likeness (QED) is 0.666. The summed E-state index contributed by atoms with van der Waals surface area (Å²) in [5.74, 6) is -2.14.